The third-order valence-electron chi connectivity index (χ3n) is 4.05. The summed E-state index contributed by atoms with van der Waals surface area (Å²) in [5, 5.41) is 0. The van der Waals surface area contributed by atoms with Crippen LogP contribution in [0.4, 0.5) is 0 Å². The molecule has 2 rings (SSSR count). The van der Waals surface area contributed by atoms with E-state index in [1.54, 1.807) is 0 Å². The average Bonchev–Trinajstić information content (AvgIpc) is 2.59. The number of carbonyl (C=O) groups excluding carboxylic acids is 2. The van der Waals surface area contributed by atoms with Gasteiger partial charge in [0.15, 0.2) is 0 Å². The van der Waals surface area contributed by atoms with Gasteiger partial charge in [-0.25, -0.2) is 0 Å². The fraction of sp³-hybridized carbons (Fsp3) is 0.467. The molecule has 1 fully saturated rings. The number of Topliss-reactive ketones (excluding diaryl/α,β-unsaturated/α-hetero) is 1. The molecule has 2 atom stereocenters. The Morgan fingerprint density at radius 1 is 1.35 bits per heavy atom. The molecule has 1 saturated carbocycles. The monoisotopic (exact) mass is 230 g/mol. The summed E-state index contributed by atoms with van der Waals surface area (Å²) in [6, 6.07) is 10.1. The molecule has 90 valence electrons. The number of ketones is 1. The van der Waals surface area contributed by atoms with Gasteiger partial charge < -0.3 is 4.79 Å². The summed E-state index contributed by atoms with van der Waals surface area (Å²) in [6.07, 6.45) is 3.70. The SMILES string of the molecule is C[C@@]1(Cc2ccccc2)C(=O)CC[C@H]1CC=O. The Morgan fingerprint density at radius 3 is 2.71 bits per heavy atom. The predicted octanol–water partition coefficient (Wildman–Crippen LogP) is 2.80. The number of carbonyl (C=O) groups is 2. The molecule has 2 heteroatoms. The van der Waals surface area contributed by atoms with E-state index in [0.717, 1.165) is 19.1 Å². The molecule has 0 bridgehead atoms. The summed E-state index contributed by atoms with van der Waals surface area (Å²) < 4.78 is 0. The van der Waals surface area contributed by atoms with E-state index in [9.17, 15) is 9.59 Å². The van der Waals surface area contributed by atoms with E-state index in [4.69, 9.17) is 0 Å². The molecule has 0 spiro atoms. The highest BCUT2D eigenvalue weighted by atomic mass is 16.1. The van der Waals surface area contributed by atoms with Crippen LogP contribution in [-0.2, 0) is 16.0 Å². The van der Waals surface area contributed by atoms with Crippen LogP contribution in [0.15, 0.2) is 30.3 Å². The molecule has 0 N–H and O–H groups in total. The first-order chi connectivity index (χ1) is 8.16. The lowest BCUT2D eigenvalue weighted by molar-refractivity contribution is -0.126. The summed E-state index contributed by atoms with van der Waals surface area (Å²) >= 11 is 0. The highest BCUT2D eigenvalue weighted by Gasteiger charge is 2.45. The molecule has 0 heterocycles. The Kier molecular flexibility index (Phi) is 3.41. The first-order valence-corrected chi connectivity index (χ1v) is 6.17. The lowest BCUT2D eigenvalue weighted by atomic mass is 9.73. The van der Waals surface area contributed by atoms with Crippen molar-refractivity contribution in [2.24, 2.45) is 11.3 Å². The van der Waals surface area contributed by atoms with Crippen LogP contribution in [0.1, 0.15) is 31.7 Å². The van der Waals surface area contributed by atoms with Crippen LogP contribution in [0.2, 0.25) is 0 Å². The molecule has 1 aromatic rings. The Balaban J connectivity index is 2.20. The van der Waals surface area contributed by atoms with Crippen molar-refractivity contribution in [2.45, 2.75) is 32.6 Å². The van der Waals surface area contributed by atoms with Crippen molar-refractivity contribution in [2.75, 3.05) is 0 Å². The van der Waals surface area contributed by atoms with Crippen LogP contribution in [0.3, 0.4) is 0 Å². The third-order valence-corrected chi connectivity index (χ3v) is 4.05. The summed E-state index contributed by atoms with van der Waals surface area (Å²) in [5.74, 6) is 0.529. The molecule has 0 aromatic heterocycles. The van der Waals surface area contributed by atoms with Crippen LogP contribution in [-0.4, -0.2) is 12.1 Å². The molecule has 1 aliphatic carbocycles. The Hall–Kier alpha value is -1.44. The topological polar surface area (TPSA) is 34.1 Å². The van der Waals surface area contributed by atoms with Gasteiger partial charge in [0.05, 0.1) is 0 Å². The zero-order chi connectivity index (χ0) is 12.3. The smallest absolute Gasteiger partial charge is 0.139 e. The molecule has 17 heavy (non-hydrogen) atoms. The molecule has 0 saturated heterocycles. The lowest BCUT2D eigenvalue weighted by Gasteiger charge is -2.29. The normalized spacial score (nSPS) is 28.3. The van der Waals surface area contributed by atoms with Gasteiger partial charge in [0.25, 0.3) is 0 Å². The molecule has 0 amide bonds. The van der Waals surface area contributed by atoms with Crippen LogP contribution in [0, 0.1) is 11.3 Å². The zero-order valence-electron chi connectivity index (χ0n) is 10.2. The largest absolute Gasteiger partial charge is 0.303 e. The molecule has 1 aromatic carbocycles. The van der Waals surface area contributed by atoms with Crippen molar-refractivity contribution in [3.8, 4) is 0 Å². The van der Waals surface area contributed by atoms with Crippen LogP contribution >= 0.6 is 0 Å². The van der Waals surface area contributed by atoms with E-state index in [1.165, 1.54) is 5.56 Å². The number of aldehydes is 1. The Morgan fingerprint density at radius 2 is 2.06 bits per heavy atom. The van der Waals surface area contributed by atoms with Crippen molar-refractivity contribution in [1.29, 1.82) is 0 Å². The summed E-state index contributed by atoms with van der Waals surface area (Å²) in [7, 11) is 0. The number of benzene rings is 1. The average molecular weight is 230 g/mol. The lowest BCUT2D eigenvalue weighted by Crippen LogP contribution is -2.31. The summed E-state index contributed by atoms with van der Waals surface area (Å²) in [6.45, 7) is 2.02. The van der Waals surface area contributed by atoms with Gasteiger partial charge in [-0.1, -0.05) is 37.3 Å². The van der Waals surface area contributed by atoms with Gasteiger partial charge in [-0.3, -0.25) is 4.79 Å². The van der Waals surface area contributed by atoms with Crippen molar-refractivity contribution >= 4 is 12.1 Å². The standard InChI is InChI=1S/C15H18O2/c1-15(11-12-5-3-2-4-6-12)13(9-10-16)7-8-14(15)17/h2-6,10,13H,7-9,11H2,1H3/t13-,15-/m0/s1. The van der Waals surface area contributed by atoms with Crippen LogP contribution in [0.5, 0.6) is 0 Å². The second-order valence-corrected chi connectivity index (χ2v) is 5.14. The van der Waals surface area contributed by atoms with Gasteiger partial charge in [-0.05, 0) is 24.3 Å². The molecule has 1 aliphatic rings. The molecule has 0 unspecified atom stereocenters. The first-order valence-electron chi connectivity index (χ1n) is 6.17. The maximum absolute atomic E-state index is 12.1. The predicted molar refractivity (Wildman–Crippen MR) is 66.7 cm³/mol. The number of rotatable bonds is 4. The van der Waals surface area contributed by atoms with E-state index >= 15 is 0 Å². The Bertz CT molecular complexity index is 410. The van der Waals surface area contributed by atoms with E-state index < -0.39 is 0 Å². The molecule has 0 radical (unpaired) electrons. The minimum absolute atomic E-state index is 0.215. The Labute approximate surface area is 102 Å². The van der Waals surface area contributed by atoms with E-state index in [-0.39, 0.29) is 11.3 Å². The first kappa shape index (κ1) is 12.0. The summed E-state index contributed by atoms with van der Waals surface area (Å²) in [4.78, 5) is 22.8. The van der Waals surface area contributed by atoms with Crippen molar-refractivity contribution in [3.05, 3.63) is 35.9 Å². The van der Waals surface area contributed by atoms with E-state index in [2.05, 4.69) is 12.1 Å². The van der Waals surface area contributed by atoms with Gasteiger partial charge >= 0.3 is 0 Å². The third kappa shape index (κ3) is 2.31. The van der Waals surface area contributed by atoms with Gasteiger partial charge in [0.2, 0.25) is 0 Å². The van der Waals surface area contributed by atoms with Gasteiger partial charge in [0, 0.05) is 18.3 Å². The quantitative estimate of drug-likeness (QED) is 0.745. The molecule has 0 aliphatic heterocycles. The van der Waals surface area contributed by atoms with Gasteiger partial charge in [-0.15, -0.1) is 0 Å². The van der Waals surface area contributed by atoms with Crippen molar-refractivity contribution in [3.63, 3.8) is 0 Å². The maximum atomic E-state index is 12.1. The van der Waals surface area contributed by atoms with Crippen molar-refractivity contribution in [1.82, 2.24) is 0 Å². The fourth-order valence-corrected chi connectivity index (χ4v) is 2.89. The second kappa shape index (κ2) is 4.82. The highest BCUT2D eigenvalue weighted by molar-refractivity contribution is 5.87. The van der Waals surface area contributed by atoms with Crippen LogP contribution < -0.4 is 0 Å². The zero-order valence-corrected chi connectivity index (χ0v) is 10.2. The minimum Gasteiger partial charge on any atom is -0.303 e. The molecular formula is C15H18O2. The van der Waals surface area contributed by atoms with Gasteiger partial charge in [0.1, 0.15) is 12.1 Å². The number of hydrogen-bond donors (Lipinski definition) is 0. The summed E-state index contributed by atoms with van der Waals surface area (Å²) in [5.41, 5.74) is 0.837. The molecular weight excluding hydrogens is 212 g/mol. The maximum Gasteiger partial charge on any atom is 0.139 e. The highest BCUT2D eigenvalue weighted by Crippen LogP contribution is 2.44. The van der Waals surface area contributed by atoms with E-state index in [1.807, 2.05) is 25.1 Å². The fourth-order valence-electron chi connectivity index (χ4n) is 2.89. The second-order valence-electron chi connectivity index (χ2n) is 5.14. The van der Waals surface area contributed by atoms with Crippen molar-refractivity contribution < 1.29 is 9.59 Å². The van der Waals surface area contributed by atoms with E-state index in [0.29, 0.717) is 18.6 Å². The van der Waals surface area contributed by atoms with Crippen LogP contribution in [0.25, 0.3) is 0 Å². The van der Waals surface area contributed by atoms with Gasteiger partial charge in [-0.2, -0.15) is 0 Å². The molecule has 2 nitrogen and oxygen atoms in total. The minimum atomic E-state index is -0.345. The number of hydrogen-bond acceptors (Lipinski definition) is 2.